The van der Waals surface area contributed by atoms with E-state index < -0.39 is 23.4 Å². The first-order chi connectivity index (χ1) is 19.7. The number of halogens is 3. The summed E-state index contributed by atoms with van der Waals surface area (Å²) >= 11 is 0. The highest BCUT2D eigenvalue weighted by molar-refractivity contribution is 6.11. The van der Waals surface area contributed by atoms with Crippen molar-refractivity contribution in [2.24, 2.45) is 18.7 Å². The highest BCUT2D eigenvalue weighted by atomic mass is 35.5. The van der Waals surface area contributed by atoms with E-state index in [9.17, 15) is 28.0 Å². The van der Waals surface area contributed by atoms with E-state index in [4.69, 9.17) is 5.73 Å². The third-order valence-corrected chi connectivity index (χ3v) is 8.33. The van der Waals surface area contributed by atoms with Crippen molar-refractivity contribution in [1.29, 1.82) is 0 Å². The molecule has 3 aromatic rings. The summed E-state index contributed by atoms with van der Waals surface area (Å²) in [7, 11) is 1.66. The molecule has 2 aliphatic rings. The SMILES string of the molecule is Cl.Cn1c(=O)n(N2C(=O)CCCC2=O)c2cccc(CCCC3CCN(C(=O)[C@@H](N)Cc4ccc(F)c(F)c4)CC3)c21. The molecule has 2 saturated heterocycles. The lowest BCUT2D eigenvalue weighted by atomic mass is 9.90. The summed E-state index contributed by atoms with van der Waals surface area (Å²) in [5.41, 5.74) is 8.42. The minimum absolute atomic E-state index is 0. The summed E-state index contributed by atoms with van der Waals surface area (Å²) < 4.78 is 29.4. The van der Waals surface area contributed by atoms with Gasteiger partial charge < -0.3 is 10.6 Å². The van der Waals surface area contributed by atoms with Crippen molar-refractivity contribution in [3.8, 4) is 0 Å². The lowest BCUT2D eigenvalue weighted by Crippen LogP contribution is -2.52. The Balaban J connectivity index is 0.00000405. The summed E-state index contributed by atoms with van der Waals surface area (Å²) in [4.78, 5) is 52.8. The number of rotatable bonds is 8. The molecule has 9 nitrogen and oxygen atoms in total. The molecule has 3 heterocycles. The molecule has 2 aromatic carbocycles. The van der Waals surface area contributed by atoms with Gasteiger partial charge in [-0.15, -0.1) is 12.4 Å². The van der Waals surface area contributed by atoms with E-state index >= 15 is 0 Å². The molecule has 3 amide bonds. The van der Waals surface area contributed by atoms with Crippen molar-refractivity contribution in [3.05, 3.63) is 69.6 Å². The Morgan fingerprint density at radius 1 is 1.02 bits per heavy atom. The van der Waals surface area contributed by atoms with E-state index in [1.807, 2.05) is 12.1 Å². The molecule has 0 unspecified atom stereocenters. The van der Waals surface area contributed by atoms with E-state index in [1.54, 1.807) is 18.0 Å². The molecule has 226 valence electrons. The van der Waals surface area contributed by atoms with Gasteiger partial charge in [-0.25, -0.2) is 13.6 Å². The number of piperidine rings is 2. The number of para-hydroxylation sites is 1. The minimum Gasteiger partial charge on any atom is -0.341 e. The van der Waals surface area contributed by atoms with Crippen LogP contribution in [0, 0.1) is 17.6 Å². The van der Waals surface area contributed by atoms with Crippen molar-refractivity contribution in [2.75, 3.05) is 18.1 Å². The number of carbonyl (C=O) groups excluding carboxylic acids is 3. The van der Waals surface area contributed by atoms with Crippen molar-refractivity contribution in [3.63, 3.8) is 0 Å². The first kappa shape index (κ1) is 31.4. The zero-order valence-corrected chi connectivity index (χ0v) is 24.4. The quantitative estimate of drug-likeness (QED) is 0.397. The maximum Gasteiger partial charge on any atom is 0.348 e. The van der Waals surface area contributed by atoms with Crippen LogP contribution < -0.4 is 16.4 Å². The lowest BCUT2D eigenvalue weighted by Gasteiger charge is -2.33. The molecule has 0 aliphatic carbocycles. The first-order valence-corrected chi connectivity index (χ1v) is 14.2. The van der Waals surface area contributed by atoms with Crippen LogP contribution in [0.4, 0.5) is 8.78 Å². The van der Waals surface area contributed by atoms with Gasteiger partial charge in [0.05, 0.1) is 17.1 Å². The number of aromatic nitrogens is 2. The Kier molecular flexibility index (Phi) is 9.83. The lowest BCUT2D eigenvalue weighted by molar-refractivity contribution is -0.134. The molecule has 2 N–H and O–H groups in total. The van der Waals surface area contributed by atoms with E-state index in [1.165, 1.54) is 15.3 Å². The van der Waals surface area contributed by atoms with Crippen LogP contribution >= 0.6 is 12.4 Å². The summed E-state index contributed by atoms with van der Waals surface area (Å²) in [6, 6.07) is 8.33. The average Bonchev–Trinajstić information content (AvgIpc) is 3.21. The predicted molar refractivity (Wildman–Crippen MR) is 157 cm³/mol. The van der Waals surface area contributed by atoms with Gasteiger partial charge in [0, 0.05) is 33.0 Å². The number of nitrogens with two attached hydrogens (primary N) is 1. The number of nitrogens with zero attached hydrogens (tertiary/aromatic N) is 4. The molecule has 2 fully saturated rings. The smallest absolute Gasteiger partial charge is 0.341 e. The highest BCUT2D eigenvalue weighted by Gasteiger charge is 2.31. The van der Waals surface area contributed by atoms with Crippen LogP contribution in [0.1, 0.15) is 56.1 Å². The topological polar surface area (TPSA) is 111 Å². The maximum absolute atomic E-state index is 13.5. The van der Waals surface area contributed by atoms with Crippen LogP contribution in [0.15, 0.2) is 41.2 Å². The van der Waals surface area contributed by atoms with E-state index in [-0.39, 0.29) is 49.4 Å². The summed E-state index contributed by atoms with van der Waals surface area (Å²) in [6.45, 7) is 1.19. The van der Waals surface area contributed by atoms with Crippen LogP contribution in [0.5, 0.6) is 0 Å². The van der Waals surface area contributed by atoms with Crippen molar-refractivity contribution >= 4 is 41.2 Å². The van der Waals surface area contributed by atoms with Gasteiger partial charge in [-0.3, -0.25) is 19.0 Å². The predicted octanol–water partition coefficient (Wildman–Crippen LogP) is 3.35. The van der Waals surface area contributed by atoms with Gasteiger partial charge >= 0.3 is 5.69 Å². The molecular formula is C30H36ClF2N5O4. The number of aryl methyl sites for hydroxylation is 2. The van der Waals surface area contributed by atoms with E-state index in [0.717, 1.165) is 60.3 Å². The minimum atomic E-state index is -0.953. The van der Waals surface area contributed by atoms with E-state index in [2.05, 4.69) is 0 Å². The van der Waals surface area contributed by atoms with Gasteiger partial charge in [0.1, 0.15) is 0 Å². The fraction of sp³-hybridized carbons (Fsp3) is 0.467. The molecule has 5 rings (SSSR count). The zero-order chi connectivity index (χ0) is 29.3. The van der Waals surface area contributed by atoms with Crippen molar-refractivity contribution in [1.82, 2.24) is 14.1 Å². The number of hydrogen-bond donors (Lipinski definition) is 1. The fourth-order valence-corrected chi connectivity index (χ4v) is 6.10. The Morgan fingerprint density at radius 3 is 2.38 bits per heavy atom. The average molecular weight is 604 g/mol. The van der Waals surface area contributed by atoms with Gasteiger partial charge in [-0.2, -0.15) is 9.69 Å². The molecule has 2 aliphatic heterocycles. The van der Waals surface area contributed by atoms with Crippen LogP contribution in [0.2, 0.25) is 0 Å². The molecule has 1 aromatic heterocycles. The summed E-state index contributed by atoms with van der Waals surface area (Å²) in [5, 5.41) is 0.997. The molecule has 12 heteroatoms. The number of imidazole rings is 1. The number of hydrogen-bond acceptors (Lipinski definition) is 5. The molecule has 0 bridgehead atoms. The monoisotopic (exact) mass is 603 g/mol. The number of fused-ring (bicyclic) bond motifs is 1. The Bertz CT molecular complexity index is 1530. The molecule has 42 heavy (non-hydrogen) atoms. The van der Waals surface area contributed by atoms with Gasteiger partial charge in [0.15, 0.2) is 11.6 Å². The van der Waals surface area contributed by atoms with Crippen molar-refractivity contribution in [2.45, 2.75) is 63.8 Å². The van der Waals surface area contributed by atoms with E-state index in [0.29, 0.717) is 36.5 Å². The van der Waals surface area contributed by atoms with Gasteiger partial charge in [0.25, 0.3) is 0 Å². The summed E-state index contributed by atoms with van der Waals surface area (Å²) in [6.07, 6.45) is 5.38. The van der Waals surface area contributed by atoms with Crippen LogP contribution in [-0.4, -0.2) is 51.0 Å². The van der Waals surface area contributed by atoms with Gasteiger partial charge in [0.2, 0.25) is 17.7 Å². The Hall–Kier alpha value is -3.57. The third kappa shape index (κ3) is 6.27. The number of imide groups is 1. The number of amides is 3. The Labute approximate surface area is 248 Å². The number of carbonyl (C=O) groups is 3. The number of likely N-dealkylation sites (tertiary alicyclic amines) is 1. The molecule has 0 saturated carbocycles. The fourth-order valence-electron chi connectivity index (χ4n) is 6.10. The normalized spacial score (nSPS) is 17.0. The van der Waals surface area contributed by atoms with Crippen LogP contribution in [0.3, 0.4) is 0 Å². The van der Waals surface area contributed by atoms with Crippen LogP contribution in [0.25, 0.3) is 11.0 Å². The van der Waals surface area contributed by atoms with Gasteiger partial charge in [-0.1, -0.05) is 18.2 Å². The molecule has 0 radical (unpaired) electrons. The largest absolute Gasteiger partial charge is 0.348 e. The third-order valence-electron chi connectivity index (χ3n) is 8.33. The summed E-state index contributed by atoms with van der Waals surface area (Å²) in [5.74, 6) is -2.35. The highest BCUT2D eigenvalue weighted by Crippen LogP contribution is 2.26. The second kappa shape index (κ2) is 13.2. The molecule has 1 atom stereocenters. The first-order valence-electron chi connectivity index (χ1n) is 14.2. The van der Waals surface area contributed by atoms with Gasteiger partial charge in [-0.05, 0) is 80.2 Å². The van der Waals surface area contributed by atoms with Crippen molar-refractivity contribution < 1.29 is 23.2 Å². The van der Waals surface area contributed by atoms with Crippen LogP contribution in [-0.2, 0) is 34.3 Å². The maximum atomic E-state index is 13.5. The Morgan fingerprint density at radius 2 is 1.71 bits per heavy atom. The second-order valence-corrected chi connectivity index (χ2v) is 11.1. The molecule has 0 spiro atoms. The number of benzene rings is 2. The zero-order valence-electron chi connectivity index (χ0n) is 23.6. The molecular weight excluding hydrogens is 568 g/mol. The standard InChI is InChI=1S/C30H35F2N5O4.ClH/c1-34-28-21(7-3-8-25(28)36(30(34)41)37-26(38)9-4-10-27(37)39)6-2-5-19-13-15-35(16-14-19)29(40)24(33)18-20-11-12-22(31)23(32)17-20;/h3,7-8,11-12,17,19,24H,2,4-6,9-10,13-16,18,33H2,1H3;1H/t24-;/m0./s1. The second-order valence-electron chi connectivity index (χ2n) is 11.1.